The van der Waals surface area contributed by atoms with Crippen LogP contribution in [0.5, 0.6) is 0 Å². The third kappa shape index (κ3) is 2.96. The van der Waals surface area contributed by atoms with Crippen LogP contribution < -0.4 is 16.7 Å². The van der Waals surface area contributed by atoms with Crippen LogP contribution >= 0.6 is 0 Å². The first-order chi connectivity index (χ1) is 9.49. The van der Waals surface area contributed by atoms with Gasteiger partial charge in [-0.25, -0.2) is 14.2 Å². The Labute approximate surface area is 116 Å². The van der Waals surface area contributed by atoms with E-state index >= 15 is 0 Å². The van der Waals surface area contributed by atoms with Crippen LogP contribution in [0.3, 0.4) is 0 Å². The quantitative estimate of drug-likeness (QED) is 0.889. The second-order valence-corrected chi connectivity index (χ2v) is 4.91. The smallest absolute Gasteiger partial charge is 0.349 e. The first-order valence-electron chi connectivity index (χ1n) is 6.53. The Hall–Kier alpha value is -2.37. The maximum atomic E-state index is 11.8. The van der Waals surface area contributed by atoms with Crippen LogP contribution in [0.4, 0.5) is 5.95 Å². The van der Waals surface area contributed by atoms with Crippen molar-refractivity contribution < 1.29 is 0 Å². The Balaban J connectivity index is 2.28. The molecule has 0 bridgehead atoms. The molecule has 6 nitrogen and oxygen atoms in total. The molecule has 0 radical (unpaired) electrons. The minimum atomic E-state index is -0.550. The van der Waals surface area contributed by atoms with E-state index in [1.807, 2.05) is 37.3 Å². The van der Waals surface area contributed by atoms with Crippen molar-refractivity contribution in [3.8, 4) is 0 Å². The van der Waals surface area contributed by atoms with E-state index in [0.29, 0.717) is 0 Å². The molecule has 1 aromatic carbocycles. The number of hydrogen-bond acceptors (Lipinski definition) is 4. The molecule has 0 aliphatic heterocycles. The highest BCUT2D eigenvalue weighted by Crippen LogP contribution is 2.14. The van der Waals surface area contributed by atoms with Gasteiger partial charge in [0.2, 0.25) is 5.95 Å². The molecule has 0 fully saturated rings. The van der Waals surface area contributed by atoms with Gasteiger partial charge in [0.05, 0.1) is 6.04 Å². The number of hydrogen-bond donors (Lipinski definition) is 2. The second-order valence-electron chi connectivity index (χ2n) is 4.91. The molecular formula is C14H18N4O2. The fourth-order valence-electron chi connectivity index (χ4n) is 1.98. The summed E-state index contributed by atoms with van der Waals surface area (Å²) in [6, 6.07) is 9.44. The van der Waals surface area contributed by atoms with Gasteiger partial charge in [-0.1, -0.05) is 30.3 Å². The van der Waals surface area contributed by atoms with Gasteiger partial charge in [0.25, 0.3) is 0 Å². The fourth-order valence-corrected chi connectivity index (χ4v) is 1.98. The van der Waals surface area contributed by atoms with E-state index < -0.39 is 11.4 Å². The summed E-state index contributed by atoms with van der Waals surface area (Å²) in [4.78, 5) is 30.1. The Morgan fingerprint density at radius 2 is 1.80 bits per heavy atom. The van der Waals surface area contributed by atoms with Gasteiger partial charge in [0.15, 0.2) is 0 Å². The van der Waals surface area contributed by atoms with Gasteiger partial charge in [-0.3, -0.25) is 4.98 Å². The van der Waals surface area contributed by atoms with Crippen molar-refractivity contribution in [3.63, 3.8) is 0 Å². The predicted octanol–water partition coefficient (Wildman–Crippen LogP) is 1.69. The summed E-state index contributed by atoms with van der Waals surface area (Å²) in [7, 11) is 0. The van der Waals surface area contributed by atoms with E-state index in [1.54, 1.807) is 13.8 Å². The van der Waals surface area contributed by atoms with Gasteiger partial charge < -0.3 is 5.32 Å². The number of rotatable bonds is 4. The number of nitrogens with zero attached hydrogens (tertiary/aromatic N) is 2. The molecule has 1 aromatic heterocycles. The van der Waals surface area contributed by atoms with Crippen molar-refractivity contribution in [2.45, 2.75) is 32.9 Å². The molecule has 1 atom stereocenters. The Morgan fingerprint density at radius 3 is 2.35 bits per heavy atom. The number of nitrogens with one attached hydrogen (secondary N) is 2. The minimum absolute atomic E-state index is 0.0614. The highest BCUT2D eigenvalue weighted by atomic mass is 16.2. The highest BCUT2D eigenvalue weighted by molar-refractivity contribution is 5.30. The van der Waals surface area contributed by atoms with Crippen molar-refractivity contribution in [3.05, 3.63) is 56.9 Å². The van der Waals surface area contributed by atoms with Gasteiger partial charge in [-0.05, 0) is 26.3 Å². The van der Waals surface area contributed by atoms with Crippen LogP contribution in [0, 0.1) is 0 Å². The average molecular weight is 274 g/mol. The summed E-state index contributed by atoms with van der Waals surface area (Å²) in [6.07, 6.45) is 0. The number of aromatic amines is 1. The molecule has 0 saturated carbocycles. The van der Waals surface area contributed by atoms with Crippen molar-refractivity contribution >= 4 is 5.95 Å². The largest absolute Gasteiger partial charge is 0.355 e. The summed E-state index contributed by atoms with van der Waals surface area (Å²) < 4.78 is 1.08. The molecule has 0 aliphatic carbocycles. The first kappa shape index (κ1) is 14.0. The van der Waals surface area contributed by atoms with Gasteiger partial charge in [-0.2, -0.15) is 4.98 Å². The topological polar surface area (TPSA) is 79.8 Å². The molecule has 0 saturated heterocycles. The third-order valence-electron chi connectivity index (χ3n) is 3.03. The van der Waals surface area contributed by atoms with Crippen LogP contribution in [-0.2, 0) is 0 Å². The molecule has 0 amide bonds. The standard InChI is InChI=1S/C14H18N4O2/c1-9(2)18-13(19)16-12(17-14(18)20)15-10(3)11-7-5-4-6-8-11/h4-10H,1-3H3,(H2,15,16,17,19,20)/t10-/m0/s1. The highest BCUT2D eigenvalue weighted by Gasteiger charge is 2.11. The molecule has 2 N–H and O–H groups in total. The van der Waals surface area contributed by atoms with Gasteiger partial charge in [-0.15, -0.1) is 0 Å². The molecule has 6 heteroatoms. The van der Waals surface area contributed by atoms with E-state index in [4.69, 9.17) is 0 Å². The zero-order chi connectivity index (χ0) is 14.7. The summed E-state index contributed by atoms with van der Waals surface area (Å²) in [6.45, 7) is 5.46. The van der Waals surface area contributed by atoms with E-state index in [1.165, 1.54) is 0 Å². The zero-order valence-corrected chi connectivity index (χ0v) is 11.8. The van der Waals surface area contributed by atoms with E-state index in [-0.39, 0.29) is 18.0 Å². The number of benzene rings is 1. The second kappa shape index (κ2) is 5.73. The number of aromatic nitrogens is 3. The monoisotopic (exact) mass is 274 g/mol. The van der Waals surface area contributed by atoms with E-state index in [0.717, 1.165) is 10.1 Å². The van der Waals surface area contributed by atoms with E-state index in [9.17, 15) is 9.59 Å². The molecule has 1 heterocycles. The zero-order valence-electron chi connectivity index (χ0n) is 11.8. The Bertz CT molecular complexity index is 657. The summed E-state index contributed by atoms with van der Waals surface area (Å²) in [5.41, 5.74) is 0.0393. The summed E-state index contributed by atoms with van der Waals surface area (Å²) >= 11 is 0. The lowest BCUT2D eigenvalue weighted by molar-refractivity contribution is 0.529. The van der Waals surface area contributed by atoms with E-state index in [2.05, 4.69) is 15.3 Å². The Morgan fingerprint density at radius 1 is 1.15 bits per heavy atom. The lowest BCUT2D eigenvalue weighted by atomic mass is 10.1. The lowest BCUT2D eigenvalue weighted by Gasteiger charge is -2.15. The average Bonchev–Trinajstić information content (AvgIpc) is 2.38. The van der Waals surface area contributed by atoms with Crippen molar-refractivity contribution in [1.29, 1.82) is 0 Å². The maximum absolute atomic E-state index is 11.8. The van der Waals surface area contributed by atoms with Gasteiger partial charge in [0.1, 0.15) is 0 Å². The lowest BCUT2D eigenvalue weighted by Crippen LogP contribution is -2.39. The molecule has 106 valence electrons. The number of H-pyrrole nitrogens is 1. The van der Waals surface area contributed by atoms with Crippen LogP contribution in [0.15, 0.2) is 39.9 Å². The number of anilines is 1. The van der Waals surface area contributed by atoms with Gasteiger partial charge in [0, 0.05) is 6.04 Å². The molecule has 0 unspecified atom stereocenters. The van der Waals surface area contributed by atoms with Crippen molar-refractivity contribution in [2.24, 2.45) is 0 Å². The van der Waals surface area contributed by atoms with Crippen molar-refractivity contribution in [2.75, 3.05) is 5.32 Å². The van der Waals surface area contributed by atoms with Gasteiger partial charge >= 0.3 is 11.4 Å². The molecule has 2 aromatic rings. The minimum Gasteiger partial charge on any atom is -0.349 e. The van der Waals surface area contributed by atoms with Crippen LogP contribution in [0.2, 0.25) is 0 Å². The third-order valence-corrected chi connectivity index (χ3v) is 3.03. The summed E-state index contributed by atoms with van der Waals surface area (Å²) in [5.74, 6) is 0.188. The fraction of sp³-hybridized carbons (Fsp3) is 0.357. The van der Waals surface area contributed by atoms with Crippen LogP contribution in [-0.4, -0.2) is 14.5 Å². The Kier molecular flexibility index (Phi) is 4.02. The SMILES string of the molecule is CC(C)n1c(=O)nc(N[C@@H](C)c2ccccc2)[nH]c1=O. The maximum Gasteiger partial charge on any atom is 0.355 e. The molecule has 0 aliphatic rings. The van der Waals surface area contributed by atoms with Crippen LogP contribution in [0.25, 0.3) is 0 Å². The predicted molar refractivity (Wildman–Crippen MR) is 78.0 cm³/mol. The molecular weight excluding hydrogens is 256 g/mol. The first-order valence-corrected chi connectivity index (χ1v) is 6.53. The molecule has 20 heavy (non-hydrogen) atoms. The van der Waals surface area contributed by atoms with Crippen LogP contribution in [0.1, 0.15) is 38.4 Å². The molecule has 2 rings (SSSR count). The summed E-state index contributed by atoms with van der Waals surface area (Å²) in [5, 5.41) is 3.03. The normalized spacial score (nSPS) is 12.4. The molecule has 0 spiro atoms. The van der Waals surface area contributed by atoms with Crippen molar-refractivity contribution in [1.82, 2.24) is 14.5 Å².